The molecule has 0 aliphatic heterocycles. The zero-order valence-electron chi connectivity index (χ0n) is 19.9. The molecule has 6 atom stereocenters. The van der Waals surface area contributed by atoms with Crippen LogP contribution in [0.1, 0.15) is 84.2 Å². The van der Waals surface area contributed by atoms with Gasteiger partial charge in [0, 0.05) is 5.56 Å². The first-order valence-electron chi connectivity index (χ1n) is 12.1. The van der Waals surface area contributed by atoms with E-state index >= 15 is 0 Å². The second-order valence-corrected chi connectivity index (χ2v) is 11.0. The molecule has 2 saturated carbocycles. The summed E-state index contributed by atoms with van der Waals surface area (Å²) >= 11 is 0. The second kappa shape index (κ2) is 7.59. The Kier molecular flexibility index (Phi) is 5.16. The molecule has 1 aromatic carbocycles. The maximum absolute atomic E-state index is 12.8. The van der Waals surface area contributed by atoms with Gasteiger partial charge < -0.3 is 19.7 Å². The number of carbonyl (C=O) groups excluding carboxylic acids is 2. The third-order valence-electron chi connectivity index (χ3n) is 9.67. The highest BCUT2D eigenvalue weighted by molar-refractivity contribution is 6.05. The predicted octanol–water partition coefficient (Wildman–Crippen LogP) is 4.30. The molecule has 0 spiro atoms. The molecule has 1 aromatic rings. The molecule has 0 saturated heterocycles. The van der Waals surface area contributed by atoms with Crippen molar-refractivity contribution in [2.24, 2.45) is 23.2 Å². The van der Waals surface area contributed by atoms with E-state index in [1.165, 1.54) is 25.9 Å². The van der Waals surface area contributed by atoms with E-state index in [1.54, 1.807) is 0 Å². The van der Waals surface area contributed by atoms with Gasteiger partial charge in [0.15, 0.2) is 0 Å². The minimum Gasteiger partial charge on any atom is -0.508 e. The van der Waals surface area contributed by atoms with Gasteiger partial charge in [-0.3, -0.25) is 0 Å². The van der Waals surface area contributed by atoms with Crippen LogP contribution in [0.3, 0.4) is 0 Å². The number of ether oxygens (including phenoxy) is 2. The zero-order valence-corrected chi connectivity index (χ0v) is 19.9. The van der Waals surface area contributed by atoms with Gasteiger partial charge >= 0.3 is 11.9 Å². The number of phenolic OH excluding ortho intramolecular Hbond substituents is 1. The summed E-state index contributed by atoms with van der Waals surface area (Å²) in [6, 6.07) is 1.39. The number of methoxy groups -OCH3 is 2. The van der Waals surface area contributed by atoms with Crippen LogP contribution in [-0.4, -0.2) is 42.5 Å². The molecule has 2 N–H and O–H groups in total. The molecule has 0 aromatic heterocycles. The van der Waals surface area contributed by atoms with E-state index in [9.17, 15) is 19.8 Å². The molecule has 4 aliphatic carbocycles. The first-order chi connectivity index (χ1) is 15.7. The Morgan fingerprint density at radius 1 is 1.00 bits per heavy atom. The summed E-state index contributed by atoms with van der Waals surface area (Å²) in [6.45, 7) is 4.59. The SMILES string of the molecule is COC(=O)c1cc(O)c2c(c1C(=O)OC)C[C@H]1[C@@H]3CC=C4C[C@@H](O)CC[C@]4(C)[C@H]3CC[C@]21C. The van der Waals surface area contributed by atoms with Crippen molar-refractivity contribution in [1.29, 1.82) is 0 Å². The molecule has 0 bridgehead atoms. The standard InChI is InChI=1S/C27H34O6/c1-26-9-7-15(28)11-14(26)5-6-16-19(26)8-10-27(2)20(16)12-17-22(25(31)33-4)18(24(30)32-3)13-21(29)23(17)27/h5,13,15-16,19-20,28-29H,6-12H2,1-4H3/t15-,16+,19-,20-,26-,27-/m0/s1. The van der Waals surface area contributed by atoms with Gasteiger partial charge in [-0.15, -0.1) is 0 Å². The van der Waals surface area contributed by atoms with Crippen LogP contribution < -0.4 is 0 Å². The highest BCUT2D eigenvalue weighted by Gasteiger charge is 2.58. The fourth-order valence-electron chi connectivity index (χ4n) is 8.04. The molecule has 4 aliphatic rings. The highest BCUT2D eigenvalue weighted by Crippen LogP contribution is 2.65. The molecule has 178 valence electrons. The number of esters is 2. The number of aliphatic hydroxyl groups is 1. The fourth-order valence-corrected chi connectivity index (χ4v) is 8.04. The molecule has 2 fully saturated rings. The third kappa shape index (κ3) is 3.02. The van der Waals surface area contributed by atoms with Crippen molar-refractivity contribution in [3.05, 3.63) is 40.0 Å². The summed E-state index contributed by atoms with van der Waals surface area (Å²) in [5.74, 6) is 0.0534. The maximum atomic E-state index is 12.8. The molecule has 0 unspecified atom stereocenters. The number of aliphatic hydroxyl groups excluding tert-OH is 1. The number of aromatic hydroxyl groups is 1. The Hall–Kier alpha value is -2.34. The number of phenols is 1. The average Bonchev–Trinajstić information content (AvgIpc) is 3.12. The van der Waals surface area contributed by atoms with Crippen LogP contribution in [0.4, 0.5) is 0 Å². The summed E-state index contributed by atoms with van der Waals surface area (Å²) in [5, 5.41) is 21.3. The van der Waals surface area contributed by atoms with Crippen LogP contribution in [0.2, 0.25) is 0 Å². The maximum Gasteiger partial charge on any atom is 0.339 e. The third-order valence-corrected chi connectivity index (χ3v) is 9.67. The molecular formula is C27H34O6. The fraction of sp³-hybridized carbons (Fsp3) is 0.630. The second-order valence-electron chi connectivity index (χ2n) is 11.0. The van der Waals surface area contributed by atoms with Crippen LogP contribution in [0.15, 0.2) is 17.7 Å². The monoisotopic (exact) mass is 454 g/mol. The minimum absolute atomic E-state index is 0.0680. The number of rotatable bonds is 2. The summed E-state index contributed by atoms with van der Waals surface area (Å²) in [5.41, 5.74) is 3.10. The Balaban J connectivity index is 1.62. The normalized spacial score (nSPS) is 36.6. The van der Waals surface area contributed by atoms with Gasteiger partial charge in [-0.1, -0.05) is 25.5 Å². The zero-order chi connectivity index (χ0) is 23.7. The quantitative estimate of drug-likeness (QED) is 0.511. The van der Waals surface area contributed by atoms with Crippen LogP contribution >= 0.6 is 0 Å². The average molecular weight is 455 g/mol. The molecule has 33 heavy (non-hydrogen) atoms. The molecule has 6 nitrogen and oxygen atoms in total. The molecule has 0 amide bonds. The van der Waals surface area contributed by atoms with Crippen LogP contribution in [0.25, 0.3) is 0 Å². The molecule has 5 rings (SSSR count). The number of carbonyl (C=O) groups is 2. The van der Waals surface area contributed by atoms with Gasteiger partial charge in [0.2, 0.25) is 0 Å². The molecule has 6 heteroatoms. The van der Waals surface area contributed by atoms with E-state index in [0.717, 1.165) is 49.7 Å². The summed E-state index contributed by atoms with van der Waals surface area (Å²) < 4.78 is 9.98. The predicted molar refractivity (Wildman–Crippen MR) is 122 cm³/mol. The number of hydrogen-bond acceptors (Lipinski definition) is 6. The van der Waals surface area contributed by atoms with Crippen molar-refractivity contribution in [2.45, 2.75) is 70.3 Å². The summed E-state index contributed by atoms with van der Waals surface area (Å²) in [6.07, 6.45) is 8.30. The molecule has 0 radical (unpaired) electrons. The Bertz CT molecular complexity index is 1060. The first kappa shape index (κ1) is 22.5. The van der Waals surface area contributed by atoms with Crippen LogP contribution in [0.5, 0.6) is 5.75 Å². The van der Waals surface area contributed by atoms with Crippen molar-refractivity contribution >= 4 is 11.9 Å². The number of allylic oxidation sites excluding steroid dienone is 1. The lowest BCUT2D eigenvalue weighted by Gasteiger charge is -2.57. The molecule has 0 heterocycles. The van der Waals surface area contributed by atoms with Crippen molar-refractivity contribution in [3.8, 4) is 5.75 Å². The number of fused-ring (bicyclic) bond motifs is 7. The van der Waals surface area contributed by atoms with E-state index in [-0.39, 0.29) is 39.7 Å². The number of benzene rings is 1. The van der Waals surface area contributed by atoms with Crippen molar-refractivity contribution in [2.75, 3.05) is 14.2 Å². The van der Waals surface area contributed by atoms with E-state index in [1.807, 2.05) is 0 Å². The lowest BCUT2D eigenvalue weighted by molar-refractivity contribution is -0.0166. The van der Waals surface area contributed by atoms with Crippen LogP contribution in [-0.2, 0) is 21.3 Å². The van der Waals surface area contributed by atoms with E-state index in [0.29, 0.717) is 18.3 Å². The van der Waals surface area contributed by atoms with Crippen LogP contribution in [0, 0.1) is 23.2 Å². The summed E-state index contributed by atoms with van der Waals surface area (Å²) in [7, 11) is 2.58. The van der Waals surface area contributed by atoms with Crippen molar-refractivity contribution < 1.29 is 29.3 Å². The van der Waals surface area contributed by atoms with Crippen molar-refractivity contribution in [3.63, 3.8) is 0 Å². The summed E-state index contributed by atoms with van der Waals surface area (Å²) in [4.78, 5) is 25.3. The van der Waals surface area contributed by atoms with E-state index < -0.39 is 11.9 Å². The van der Waals surface area contributed by atoms with Crippen molar-refractivity contribution in [1.82, 2.24) is 0 Å². The first-order valence-corrected chi connectivity index (χ1v) is 12.1. The largest absolute Gasteiger partial charge is 0.508 e. The Labute approximate surface area is 195 Å². The van der Waals surface area contributed by atoms with E-state index in [4.69, 9.17) is 9.47 Å². The van der Waals surface area contributed by atoms with E-state index in [2.05, 4.69) is 19.9 Å². The minimum atomic E-state index is -0.648. The van der Waals surface area contributed by atoms with Gasteiger partial charge in [-0.2, -0.15) is 0 Å². The smallest absolute Gasteiger partial charge is 0.339 e. The number of hydrogen-bond donors (Lipinski definition) is 2. The van der Waals surface area contributed by atoms with Gasteiger partial charge in [0.25, 0.3) is 0 Å². The Morgan fingerprint density at radius 3 is 2.39 bits per heavy atom. The Morgan fingerprint density at radius 2 is 1.70 bits per heavy atom. The lowest BCUT2D eigenvalue weighted by atomic mass is 9.47. The van der Waals surface area contributed by atoms with Gasteiger partial charge in [-0.25, -0.2) is 9.59 Å². The highest BCUT2D eigenvalue weighted by atomic mass is 16.5. The van der Waals surface area contributed by atoms with Gasteiger partial charge in [0.05, 0.1) is 31.5 Å². The molecular weight excluding hydrogens is 420 g/mol. The van der Waals surface area contributed by atoms with Gasteiger partial charge in [-0.05, 0) is 85.2 Å². The lowest BCUT2D eigenvalue weighted by Crippen LogP contribution is -2.51. The van der Waals surface area contributed by atoms with Gasteiger partial charge in [0.1, 0.15) is 5.75 Å². The topological polar surface area (TPSA) is 93.1 Å².